The molecular weight excluding hydrogens is 278 g/mol. The summed E-state index contributed by atoms with van der Waals surface area (Å²) >= 11 is 0. The number of rotatable bonds is 5. The van der Waals surface area contributed by atoms with Crippen LogP contribution in [0.5, 0.6) is 0 Å². The van der Waals surface area contributed by atoms with Crippen LogP contribution in [0.2, 0.25) is 0 Å². The van der Waals surface area contributed by atoms with Crippen molar-refractivity contribution < 1.29 is 18.3 Å². The Morgan fingerprint density at radius 2 is 1.95 bits per heavy atom. The summed E-state index contributed by atoms with van der Waals surface area (Å²) in [6.45, 7) is 0.424. The van der Waals surface area contributed by atoms with Crippen molar-refractivity contribution in [2.75, 3.05) is 6.54 Å². The van der Waals surface area contributed by atoms with Gasteiger partial charge in [-0.1, -0.05) is 36.8 Å². The number of aliphatic carboxylic acids is 1. The second-order valence-corrected chi connectivity index (χ2v) is 7.02. The van der Waals surface area contributed by atoms with E-state index in [4.69, 9.17) is 5.11 Å². The molecule has 0 aromatic heterocycles. The second-order valence-electron chi connectivity index (χ2n) is 5.10. The van der Waals surface area contributed by atoms with E-state index in [0.29, 0.717) is 13.0 Å². The molecule has 0 unspecified atom stereocenters. The summed E-state index contributed by atoms with van der Waals surface area (Å²) < 4.78 is 26.3. The number of nitrogens with zero attached hydrogens (tertiary/aromatic N) is 1. The zero-order chi connectivity index (χ0) is 14.6. The standard InChI is InChI=1S/C14H19NO4S/c16-14(17)10-13-8-4-5-9-15(13)20(18,19)11-12-6-2-1-3-7-12/h1-3,6-7,13H,4-5,8-11H2,(H,16,17)/t13-/m1/s1. The molecule has 0 aliphatic carbocycles. The molecule has 1 N–H and O–H groups in total. The molecule has 20 heavy (non-hydrogen) atoms. The first-order valence-electron chi connectivity index (χ1n) is 6.74. The van der Waals surface area contributed by atoms with Gasteiger partial charge < -0.3 is 5.11 Å². The largest absolute Gasteiger partial charge is 0.481 e. The quantitative estimate of drug-likeness (QED) is 0.900. The van der Waals surface area contributed by atoms with Crippen molar-refractivity contribution in [3.8, 4) is 0 Å². The molecule has 0 amide bonds. The maximum atomic E-state index is 12.5. The fourth-order valence-corrected chi connectivity index (χ4v) is 4.43. The summed E-state index contributed by atoms with van der Waals surface area (Å²) in [6.07, 6.45) is 2.19. The zero-order valence-corrected chi connectivity index (χ0v) is 12.1. The third kappa shape index (κ3) is 3.80. The van der Waals surface area contributed by atoms with Gasteiger partial charge in [0.05, 0.1) is 12.2 Å². The fourth-order valence-electron chi connectivity index (χ4n) is 2.61. The van der Waals surface area contributed by atoms with Gasteiger partial charge in [-0.15, -0.1) is 0 Å². The maximum Gasteiger partial charge on any atom is 0.304 e. The molecule has 0 saturated carbocycles. The van der Waals surface area contributed by atoms with E-state index in [9.17, 15) is 13.2 Å². The second kappa shape index (κ2) is 6.37. The summed E-state index contributed by atoms with van der Waals surface area (Å²) in [5.74, 6) is -1.01. The average Bonchev–Trinajstić information content (AvgIpc) is 2.39. The number of hydrogen-bond acceptors (Lipinski definition) is 3. The smallest absolute Gasteiger partial charge is 0.304 e. The third-order valence-electron chi connectivity index (χ3n) is 3.53. The van der Waals surface area contributed by atoms with Crippen molar-refractivity contribution in [3.63, 3.8) is 0 Å². The predicted octanol–water partition coefficient (Wildman–Crippen LogP) is 1.85. The Labute approximate surface area is 119 Å². The van der Waals surface area contributed by atoms with E-state index in [1.807, 2.05) is 6.07 Å². The van der Waals surface area contributed by atoms with Gasteiger partial charge in [-0.25, -0.2) is 8.42 Å². The van der Waals surface area contributed by atoms with Gasteiger partial charge in [0, 0.05) is 12.6 Å². The highest BCUT2D eigenvalue weighted by Gasteiger charge is 2.33. The maximum absolute atomic E-state index is 12.5. The van der Waals surface area contributed by atoms with Gasteiger partial charge in [0.15, 0.2) is 0 Å². The third-order valence-corrected chi connectivity index (χ3v) is 5.43. The number of carbonyl (C=O) groups is 1. The molecule has 1 saturated heterocycles. The summed E-state index contributed by atoms with van der Waals surface area (Å²) in [7, 11) is -3.46. The fraction of sp³-hybridized carbons (Fsp3) is 0.500. The van der Waals surface area contributed by atoms with Gasteiger partial charge in [-0.3, -0.25) is 4.79 Å². The van der Waals surface area contributed by atoms with E-state index in [1.54, 1.807) is 24.3 Å². The van der Waals surface area contributed by atoms with Crippen molar-refractivity contribution >= 4 is 16.0 Å². The summed E-state index contributed by atoms with van der Waals surface area (Å²) in [4.78, 5) is 10.9. The summed E-state index contributed by atoms with van der Waals surface area (Å²) in [5.41, 5.74) is 0.729. The number of carboxylic acid groups (broad SMARTS) is 1. The monoisotopic (exact) mass is 297 g/mol. The average molecular weight is 297 g/mol. The summed E-state index contributed by atoms with van der Waals surface area (Å²) in [6, 6.07) is 8.58. The molecule has 5 nitrogen and oxygen atoms in total. The molecule has 1 atom stereocenters. The number of carboxylic acids is 1. The van der Waals surface area contributed by atoms with Gasteiger partial charge in [0.2, 0.25) is 10.0 Å². The normalized spacial score (nSPS) is 20.7. The Morgan fingerprint density at radius 3 is 2.60 bits per heavy atom. The lowest BCUT2D eigenvalue weighted by Crippen LogP contribution is -2.45. The highest BCUT2D eigenvalue weighted by molar-refractivity contribution is 7.88. The van der Waals surface area contributed by atoms with Crippen LogP contribution >= 0.6 is 0 Å². The number of benzene rings is 1. The minimum absolute atomic E-state index is 0.0655. The Morgan fingerprint density at radius 1 is 1.25 bits per heavy atom. The van der Waals surface area contributed by atoms with Crippen LogP contribution < -0.4 is 0 Å². The molecule has 1 aromatic carbocycles. The van der Waals surface area contributed by atoms with Crippen molar-refractivity contribution in [3.05, 3.63) is 35.9 Å². The Balaban J connectivity index is 2.15. The molecule has 1 aliphatic heterocycles. The highest BCUT2D eigenvalue weighted by atomic mass is 32.2. The molecule has 1 fully saturated rings. The predicted molar refractivity (Wildman–Crippen MR) is 75.7 cm³/mol. The molecule has 1 aromatic rings. The first kappa shape index (κ1) is 15.0. The van der Waals surface area contributed by atoms with Crippen LogP contribution in [0.25, 0.3) is 0 Å². The highest BCUT2D eigenvalue weighted by Crippen LogP contribution is 2.24. The molecule has 1 aliphatic rings. The summed E-state index contributed by atoms with van der Waals surface area (Å²) in [5, 5.41) is 8.92. The van der Waals surface area contributed by atoms with E-state index in [-0.39, 0.29) is 12.2 Å². The van der Waals surface area contributed by atoms with E-state index in [0.717, 1.165) is 18.4 Å². The van der Waals surface area contributed by atoms with Crippen molar-refractivity contribution in [1.82, 2.24) is 4.31 Å². The van der Waals surface area contributed by atoms with Crippen molar-refractivity contribution in [1.29, 1.82) is 0 Å². The molecule has 110 valence electrons. The van der Waals surface area contributed by atoms with Gasteiger partial charge in [-0.2, -0.15) is 4.31 Å². The molecule has 1 heterocycles. The van der Waals surface area contributed by atoms with E-state index >= 15 is 0 Å². The van der Waals surface area contributed by atoms with Gasteiger partial charge >= 0.3 is 5.97 Å². The Hall–Kier alpha value is -1.40. The molecule has 0 radical (unpaired) electrons. The number of hydrogen-bond donors (Lipinski definition) is 1. The van der Waals surface area contributed by atoms with Crippen LogP contribution in [-0.2, 0) is 20.6 Å². The van der Waals surface area contributed by atoms with E-state index in [1.165, 1.54) is 4.31 Å². The van der Waals surface area contributed by atoms with Crippen LogP contribution in [0.4, 0.5) is 0 Å². The Bertz CT molecular complexity index is 556. The van der Waals surface area contributed by atoms with Crippen LogP contribution in [0.1, 0.15) is 31.2 Å². The lowest BCUT2D eigenvalue weighted by Gasteiger charge is -2.33. The SMILES string of the molecule is O=C(O)C[C@H]1CCCCN1S(=O)(=O)Cc1ccccc1. The molecule has 2 rings (SSSR count). The van der Waals surface area contributed by atoms with Crippen LogP contribution in [0, 0.1) is 0 Å². The minimum atomic E-state index is -3.46. The number of piperidine rings is 1. The zero-order valence-electron chi connectivity index (χ0n) is 11.2. The molecule has 6 heteroatoms. The van der Waals surface area contributed by atoms with Gasteiger partial charge in [0.1, 0.15) is 0 Å². The Kier molecular flexibility index (Phi) is 4.77. The van der Waals surface area contributed by atoms with Crippen molar-refractivity contribution in [2.24, 2.45) is 0 Å². The molecular formula is C14H19NO4S. The van der Waals surface area contributed by atoms with Crippen LogP contribution in [0.3, 0.4) is 0 Å². The topological polar surface area (TPSA) is 74.7 Å². The lowest BCUT2D eigenvalue weighted by molar-refractivity contribution is -0.138. The minimum Gasteiger partial charge on any atom is -0.481 e. The van der Waals surface area contributed by atoms with Gasteiger partial charge in [0.25, 0.3) is 0 Å². The molecule has 0 spiro atoms. The van der Waals surface area contributed by atoms with Crippen LogP contribution in [-0.4, -0.2) is 36.4 Å². The van der Waals surface area contributed by atoms with E-state index in [2.05, 4.69) is 0 Å². The van der Waals surface area contributed by atoms with E-state index < -0.39 is 22.0 Å². The van der Waals surface area contributed by atoms with Gasteiger partial charge in [-0.05, 0) is 18.4 Å². The van der Waals surface area contributed by atoms with Crippen molar-refractivity contribution in [2.45, 2.75) is 37.5 Å². The van der Waals surface area contributed by atoms with Crippen LogP contribution in [0.15, 0.2) is 30.3 Å². The number of sulfonamides is 1. The first-order valence-corrected chi connectivity index (χ1v) is 8.35. The molecule has 0 bridgehead atoms. The lowest BCUT2D eigenvalue weighted by atomic mass is 10.0. The first-order chi connectivity index (χ1) is 9.49.